The Balaban J connectivity index is 2.72. The lowest BCUT2D eigenvalue weighted by molar-refractivity contribution is 0.129. The summed E-state index contributed by atoms with van der Waals surface area (Å²) in [4.78, 5) is 0. The molecule has 1 unspecified atom stereocenters. The summed E-state index contributed by atoms with van der Waals surface area (Å²) in [6.45, 7) is 6.67. The minimum atomic E-state index is 0.116. The molecule has 4 heteroatoms. The lowest BCUT2D eigenvalue weighted by Gasteiger charge is -2.17. The number of benzene rings is 1. The molecule has 96 valence electrons. The molecule has 0 spiro atoms. The highest BCUT2D eigenvalue weighted by molar-refractivity contribution is 5.72. The molecule has 1 atom stereocenters. The molecule has 0 aliphatic carbocycles. The van der Waals surface area contributed by atoms with Crippen LogP contribution in [0.15, 0.2) is 18.2 Å². The number of nitrogens with two attached hydrogens (primary N) is 1. The van der Waals surface area contributed by atoms with Gasteiger partial charge in [0.25, 0.3) is 0 Å². The highest BCUT2D eigenvalue weighted by atomic mass is 16.5. The van der Waals surface area contributed by atoms with Gasteiger partial charge in [0, 0.05) is 13.7 Å². The van der Waals surface area contributed by atoms with Gasteiger partial charge in [-0.25, -0.2) is 0 Å². The number of nitrogens with one attached hydrogen (secondary N) is 1. The third-order valence-corrected chi connectivity index (χ3v) is 2.41. The van der Waals surface area contributed by atoms with Crippen molar-refractivity contribution in [2.75, 3.05) is 24.7 Å². The summed E-state index contributed by atoms with van der Waals surface area (Å²) in [6, 6.07) is 5.74. The smallest absolute Gasteiger partial charge is 0.144 e. The van der Waals surface area contributed by atoms with Crippen LogP contribution < -0.4 is 15.8 Å². The maximum Gasteiger partial charge on any atom is 0.144 e. The van der Waals surface area contributed by atoms with E-state index in [4.69, 9.17) is 15.2 Å². The number of ether oxygens (including phenoxy) is 2. The van der Waals surface area contributed by atoms with E-state index >= 15 is 0 Å². The number of hydrogen-bond acceptors (Lipinski definition) is 4. The molecule has 0 aliphatic heterocycles. The molecule has 1 aromatic rings. The summed E-state index contributed by atoms with van der Waals surface area (Å²) in [7, 11) is 1.69. The fourth-order valence-electron chi connectivity index (χ4n) is 1.39. The van der Waals surface area contributed by atoms with Gasteiger partial charge >= 0.3 is 0 Å². The quantitative estimate of drug-likeness (QED) is 0.748. The van der Waals surface area contributed by atoms with Crippen molar-refractivity contribution in [3.8, 4) is 5.75 Å². The Labute approximate surface area is 103 Å². The molecule has 1 rings (SSSR count). The molecule has 4 nitrogen and oxygen atoms in total. The molecule has 0 radical (unpaired) electrons. The molecule has 0 heterocycles. The van der Waals surface area contributed by atoms with Gasteiger partial charge in [-0.3, -0.25) is 0 Å². The maximum absolute atomic E-state index is 6.03. The molecule has 0 aromatic heterocycles. The number of anilines is 2. The average Bonchev–Trinajstić information content (AvgIpc) is 2.29. The number of nitrogen functional groups attached to an aromatic ring is 1. The molecule has 0 saturated heterocycles. The molecule has 17 heavy (non-hydrogen) atoms. The van der Waals surface area contributed by atoms with Crippen LogP contribution in [0, 0.1) is 0 Å². The van der Waals surface area contributed by atoms with E-state index in [2.05, 4.69) is 5.32 Å². The van der Waals surface area contributed by atoms with Gasteiger partial charge in [0.1, 0.15) is 5.75 Å². The number of methoxy groups -OCH3 is 1. The zero-order chi connectivity index (χ0) is 12.8. The molecule has 0 saturated carbocycles. The van der Waals surface area contributed by atoms with E-state index in [1.807, 2.05) is 39.0 Å². The number of rotatable bonds is 6. The van der Waals surface area contributed by atoms with Crippen molar-refractivity contribution in [3.05, 3.63) is 18.2 Å². The first-order valence-electron chi connectivity index (χ1n) is 5.86. The van der Waals surface area contributed by atoms with Gasteiger partial charge in [0.2, 0.25) is 0 Å². The van der Waals surface area contributed by atoms with Crippen molar-refractivity contribution in [1.29, 1.82) is 0 Å². The van der Waals surface area contributed by atoms with Crippen LogP contribution >= 0.6 is 0 Å². The highest BCUT2D eigenvalue weighted by Gasteiger charge is 2.08. The Hall–Kier alpha value is -1.42. The van der Waals surface area contributed by atoms with Crippen LogP contribution in [0.1, 0.15) is 20.8 Å². The summed E-state index contributed by atoms with van der Waals surface area (Å²) in [5.41, 5.74) is 7.56. The van der Waals surface area contributed by atoms with E-state index in [0.29, 0.717) is 12.2 Å². The fraction of sp³-hybridized carbons (Fsp3) is 0.538. The predicted molar refractivity (Wildman–Crippen MR) is 71.6 cm³/mol. The first kappa shape index (κ1) is 13.6. The van der Waals surface area contributed by atoms with Crippen molar-refractivity contribution >= 4 is 11.4 Å². The van der Waals surface area contributed by atoms with Gasteiger partial charge in [-0.05, 0) is 32.9 Å². The van der Waals surface area contributed by atoms with Crippen molar-refractivity contribution in [3.63, 3.8) is 0 Å². The van der Waals surface area contributed by atoms with Gasteiger partial charge in [0.15, 0.2) is 0 Å². The van der Waals surface area contributed by atoms with Gasteiger partial charge in [0.05, 0.1) is 23.6 Å². The Morgan fingerprint density at radius 3 is 2.59 bits per heavy atom. The zero-order valence-electron chi connectivity index (χ0n) is 11.0. The predicted octanol–water partition coefficient (Wildman–Crippen LogP) is 2.50. The Morgan fingerprint density at radius 1 is 1.29 bits per heavy atom. The largest absolute Gasteiger partial charge is 0.489 e. The molecule has 0 fully saturated rings. The molecular formula is C13H22N2O2. The summed E-state index contributed by atoms with van der Waals surface area (Å²) in [6.07, 6.45) is 0.259. The van der Waals surface area contributed by atoms with Crippen LogP contribution in [0.4, 0.5) is 11.4 Å². The Kier molecular flexibility index (Phi) is 5.10. The maximum atomic E-state index is 6.03. The van der Waals surface area contributed by atoms with Crippen molar-refractivity contribution < 1.29 is 9.47 Å². The molecule has 0 aliphatic rings. The lowest BCUT2D eigenvalue weighted by atomic mass is 10.2. The number of hydrogen-bond donors (Lipinski definition) is 2. The molecular weight excluding hydrogens is 216 g/mol. The number of para-hydroxylation sites is 1. The van der Waals surface area contributed by atoms with Crippen molar-refractivity contribution in [1.82, 2.24) is 0 Å². The van der Waals surface area contributed by atoms with E-state index in [9.17, 15) is 0 Å². The van der Waals surface area contributed by atoms with Crippen molar-refractivity contribution in [2.45, 2.75) is 33.0 Å². The van der Waals surface area contributed by atoms with Crippen LogP contribution in [0.2, 0.25) is 0 Å². The third kappa shape index (κ3) is 4.15. The SMILES string of the molecule is COC(C)CNc1cccc(OC(C)C)c1N. The van der Waals surface area contributed by atoms with Gasteiger partial charge < -0.3 is 20.5 Å². The van der Waals surface area contributed by atoms with Crippen LogP contribution in [-0.2, 0) is 4.74 Å². The van der Waals surface area contributed by atoms with E-state index in [1.165, 1.54) is 0 Å². The minimum Gasteiger partial charge on any atom is -0.489 e. The lowest BCUT2D eigenvalue weighted by Crippen LogP contribution is -2.19. The Morgan fingerprint density at radius 2 is 2.00 bits per heavy atom. The van der Waals surface area contributed by atoms with Crippen LogP contribution in [-0.4, -0.2) is 25.9 Å². The molecule has 3 N–H and O–H groups in total. The van der Waals surface area contributed by atoms with Crippen molar-refractivity contribution in [2.24, 2.45) is 0 Å². The summed E-state index contributed by atoms with van der Waals surface area (Å²) in [5, 5.41) is 3.25. The molecule has 0 amide bonds. The zero-order valence-corrected chi connectivity index (χ0v) is 11.0. The molecule has 1 aromatic carbocycles. The summed E-state index contributed by atoms with van der Waals surface area (Å²) < 4.78 is 10.8. The third-order valence-electron chi connectivity index (χ3n) is 2.41. The van der Waals surface area contributed by atoms with E-state index in [-0.39, 0.29) is 12.2 Å². The monoisotopic (exact) mass is 238 g/mol. The topological polar surface area (TPSA) is 56.5 Å². The second-order valence-electron chi connectivity index (χ2n) is 4.31. The van der Waals surface area contributed by atoms with Crippen LogP contribution in [0.5, 0.6) is 5.75 Å². The standard InChI is InChI=1S/C13H22N2O2/c1-9(2)17-12-7-5-6-11(13(12)14)15-8-10(3)16-4/h5-7,9-10,15H,8,14H2,1-4H3. The summed E-state index contributed by atoms with van der Waals surface area (Å²) >= 11 is 0. The fourth-order valence-corrected chi connectivity index (χ4v) is 1.39. The van der Waals surface area contributed by atoms with Gasteiger partial charge in [-0.2, -0.15) is 0 Å². The minimum absolute atomic E-state index is 0.116. The van der Waals surface area contributed by atoms with Crippen LogP contribution in [0.25, 0.3) is 0 Å². The van der Waals surface area contributed by atoms with E-state index in [0.717, 1.165) is 11.4 Å². The normalized spacial score (nSPS) is 12.5. The van der Waals surface area contributed by atoms with E-state index < -0.39 is 0 Å². The first-order valence-corrected chi connectivity index (χ1v) is 5.86. The second-order valence-corrected chi connectivity index (χ2v) is 4.31. The van der Waals surface area contributed by atoms with Gasteiger partial charge in [-0.15, -0.1) is 0 Å². The van der Waals surface area contributed by atoms with Gasteiger partial charge in [-0.1, -0.05) is 6.07 Å². The molecule has 0 bridgehead atoms. The second kappa shape index (κ2) is 6.35. The Bertz CT molecular complexity index is 353. The first-order chi connectivity index (χ1) is 8.04. The highest BCUT2D eigenvalue weighted by Crippen LogP contribution is 2.30. The van der Waals surface area contributed by atoms with E-state index in [1.54, 1.807) is 7.11 Å². The average molecular weight is 238 g/mol. The van der Waals surface area contributed by atoms with Crippen LogP contribution in [0.3, 0.4) is 0 Å². The summed E-state index contributed by atoms with van der Waals surface area (Å²) in [5.74, 6) is 0.718.